The van der Waals surface area contributed by atoms with Crippen molar-refractivity contribution in [2.24, 2.45) is 5.41 Å². The molecule has 0 atom stereocenters. The molecule has 0 saturated heterocycles. The molecule has 2 N–H and O–H groups in total. The molecule has 6 nitrogen and oxygen atoms in total. The molecule has 2 aromatic rings. The van der Waals surface area contributed by atoms with E-state index in [1.54, 1.807) is 28.1 Å². The predicted octanol–water partition coefficient (Wildman–Crippen LogP) is 2.75. The number of benzene rings is 2. The van der Waals surface area contributed by atoms with Gasteiger partial charge in [-0.3, -0.25) is 9.59 Å². The number of carbonyl (C=O) groups excluding carboxylic acids is 2. The third kappa shape index (κ3) is 6.52. The highest BCUT2D eigenvalue weighted by Crippen LogP contribution is 2.16. The Bertz CT molecular complexity index is 731. The predicted molar refractivity (Wildman–Crippen MR) is 113 cm³/mol. The van der Waals surface area contributed by atoms with Crippen LogP contribution in [0.5, 0.6) is 11.5 Å². The summed E-state index contributed by atoms with van der Waals surface area (Å²) < 4.78 is 10.3. The highest BCUT2D eigenvalue weighted by Gasteiger charge is 2.35. The standard InChI is InChI=1S/C23H30N2O4/c1-23(2,21(26)24-15-13-17-5-9-19(28-3)10-6-17)22(27)25-16-14-18-7-11-20(29-4)12-8-18/h5-12H,13-16H2,1-4H3,(H,24,26)(H,25,27). The fraction of sp³-hybridized carbons (Fsp3) is 0.391. The molecule has 29 heavy (non-hydrogen) atoms. The SMILES string of the molecule is COc1ccc(CCNC(=O)C(C)(C)C(=O)NCCc2ccc(OC)cc2)cc1. The van der Waals surface area contributed by atoms with E-state index < -0.39 is 5.41 Å². The molecule has 0 bridgehead atoms. The lowest BCUT2D eigenvalue weighted by molar-refractivity contribution is -0.141. The van der Waals surface area contributed by atoms with E-state index in [1.807, 2.05) is 48.5 Å². The van der Waals surface area contributed by atoms with Crippen LogP contribution in [-0.2, 0) is 22.4 Å². The van der Waals surface area contributed by atoms with Crippen molar-refractivity contribution in [2.45, 2.75) is 26.7 Å². The highest BCUT2D eigenvalue weighted by molar-refractivity contribution is 6.04. The van der Waals surface area contributed by atoms with Gasteiger partial charge in [0.25, 0.3) is 0 Å². The molecule has 0 spiro atoms. The molecule has 0 aliphatic carbocycles. The zero-order chi connectivity index (χ0) is 21.3. The maximum atomic E-state index is 12.5. The van der Waals surface area contributed by atoms with Crippen molar-refractivity contribution in [2.75, 3.05) is 27.3 Å². The van der Waals surface area contributed by atoms with Crippen LogP contribution in [0.3, 0.4) is 0 Å². The molecule has 0 aromatic heterocycles. The quantitative estimate of drug-likeness (QED) is 0.604. The number of hydrogen-bond donors (Lipinski definition) is 2. The van der Waals surface area contributed by atoms with Crippen LogP contribution >= 0.6 is 0 Å². The summed E-state index contributed by atoms with van der Waals surface area (Å²) in [6.07, 6.45) is 1.37. The van der Waals surface area contributed by atoms with Gasteiger partial charge in [-0.25, -0.2) is 0 Å². The second-order valence-electron chi connectivity index (χ2n) is 7.33. The van der Waals surface area contributed by atoms with Crippen molar-refractivity contribution in [3.63, 3.8) is 0 Å². The Morgan fingerprint density at radius 3 is 1.38 bits per heavy atom. The lowest BCUT2D eigenvalue weighted by Crippen LogP contribution is -2.48. The van der Waals surface area contributed by atoms with Gasteiger partial charge in [0.1, 0.15) is 16.9 Å². The minimum absolute atomic E-state index is 0.284. The maximum Gasteiger partial charge on any atom is 0.235 e. The van der Waals surface area contributed by atoms with Crippen LogP contribution in [0.25, 0.3) is 0 Å². The molecule has 156 valence electrons. The van der Waals surface area contributed by atoms with Gasteiger partial charge in [0.2, 0.25) is 11.8 Å². The number of carbonyl (C=O) groups is 2. The van der Waals surface area contributed by atoms with Gasteiger partial charge in [0.05, 0.1) is 14.2 Å². The molecule has 0 radical (unpaired) electrons. The molecule has 0 aliphatic heterocycles. The number of hydrogen-bond acceptors (Lipinski definition) is 4. The van der Waals surface area contributed by atoms with Crippen LogP contribution in [0.2, 0.25) is 0 Å². The van der Waals surface area contributed by atoms with Crippen molar-refractivity contribution in [1.82, 2.24) is 10.6 Å². The molecule has 2 amide bonds. The lowest BCUT2D eigenvalue weighted by atomic mass is 9.91. The molecule has 0 heterocycles. The Hall–Kier alpha value is -3.02. The summed E-state index contributed by atoms with van der Waals surface area (Å²) in [5.74, 6) is 1.02. The molecule has 2 aromatic carbocycles. The summed E-state index contributed by atoms with van der Waals surface area (Å²) in [7, 11) is 3.25. The summed E-state index contributed by atoms with van der Waals surface area (Å²) in [6.45, 7) is 4.21. The fourth-order valence-corrected chi connectivity index (χ4v) is 2.77. The van der Waals surface area contributed by atoms with Crippen molar-refractivity contribution < 1.29 is 19.1 Å². The molecular formula is C23H30N2O4. The number of rotatable bonds is 10. The van der Waals surface area contributed by atoms with E-state index in [4.69, 9.17) is 9.47 Å². The molecule has 0 unspecified atom stereocenters. The summed E-state index contributed by atoms with van der Waals surface area (Å²) in [4.78, 5) is 25.0. The van der Waals surface area contributed by atoms with E-state index in [9.17, 15) is 9.59 Å². The normalized spacial score (nSPS) is 10.9. The molecule has 0 fully saturated rings. The monoisotopic (exact) mass is 398 g/mol. The first-order valence-electron chi connectivity index (χ1n) is 9.69. The Labute approximate surface area is 172 Å². The average molecular weight is 399 g/mol. The molecule has 2 rings (SSSR count). The fourth-order valence-electron chi connectivity index (χ4n) is 2.77. The van der Waals surface area contributed by atoms with E-state index in [0.717, 1.165) is 22.6 Å². The largest absolute Gasteiger partial charge is 0.497 e. The first kappa shape index (κ1) is 22.3. The zero-order valence-electron chi connectivity index (χ0n) is 17.6. The summed E-state index contributed by atoms with van der Waals surface area (Å²) >= 11 is 0. The Morgan fingerprint density at radius 1 is 0.724 bits per heavy atom. The zero-order valence-corrected chi connectivity index (χ0v) is 17.6. The number of methoxy groups -OCH3 is 2. The van der Waals surface area contributed by atoms with Gasteiger partial charge in [-0.15, -0.1) is 0 Å². The molecule has 0 saturated carbocycles. The van der Waals surface area contributed by atoms with E-state index >= 15 is 0 Å². The topological polar surface area (TPSA) is 76.7 Å². The summed E-state index contributed by atoms with van der Waals surface area (Å²) in [5, 5.41) is 5.71. The average Bonchev–Trinajstić information content (AvgIpc) is 2.74. The van der Waals surface area contributed by atoms with Crippen LogP contribution in [0, 0.1) is 5.41 Å². The summed E-state index contributed by atoms with van der Waals surface area (Å²) in [6, 6.07) is 15.4. The summed E-state index contributed by atoms with van der Waals surface area (Å²) in [5.41, 5.74) is 1.04. The van der Waals surface area contributed by atoms with Crippen molar-refractivity contribution in [3.8, 4) is 11.5 Å². The third-order valence-corrected chi connectivity index (χ3v) is 4.85. The lowest BCUT2D eigenvalue weighted by Gasteiger charge is -2.22. The van der Waals surface area contributed by atoms with E-state index in [2.05, 4.69) is 10.6 Å². The van der Waals surface area contributed by atoms with Gasteiger partial charge in [-0.2, -0.15) is 0 Å². The van der Waals surface area contributed by atoms with Gasteiger partial charge < -0.3 is 20.1 Å². The van der Waals surface area contributed by atoms with E-state index in [1.165, 1.54) is 0 Å². The number of ether oxygens (including phenoxy) is 2. The number of amides is 2. The van der Waals surface area contributed by atoms with E-state index in [-0.39, 0.29) is 11.8 Å². The van der Waals surface area contributed by atoms with Gasteiger partial charge in [0, 0.05) is 13.1 Å². The van der Waals surface area contributed by atoms with Gasteiger partial charge in [-0.05, 0) is 62.1 Å². The van der Waals surface area contributed by atoms with Crippen molar-refractivity contribution in [3.05, 3.63) is 59.7 Å². The van der Waals surface area contributed by atoms with Gasteiger partial charge in [-0.1, -0.05) is 24.3 Å². The first-order chi connectivity index (χ1) is 13.9. The van der Waals surface area contributed by atoms with E-state index in [0.29, 0.717) is 25.9 Å². The Morgan fingerprint density at radius 2 is 1.07 bits per heavy atom. The first-order valence-corrected chi connectivity index (χ1v) is 9.69. The molecular weight excluding hydrogens is 368 g/mol. The Kier molecular flexibility index (Phi) is 8.07. The van der Waals surface area contributed by atoms with Crippen LogP contribution in [0.4, 0.5) is 0 Å². The number of nitrogens with one attached hydrogen (secondary N) is 2. The third-order valence-electron chi connectivity index (χ3n) is 4.85. The minimum Gasteiger partial charge on any atom is -0.497 e. The van der Waals surface area contributed by atoms with Gasteiger partial charge in [0.15, 0.2) is 0 Å². The van der Waals surface area contributed by atoms with Crippen LogP contribution in [0.15, 0.2) is 48.5 Å². The second-order valence-corrected chi connectivity index (χ2v) is 7.33. The van der Waals surface area contributed by atoms with Crippen molar-refractivity contribution >= 4 is 11.8 Å². The molecule has 6 heteroatoms. The maximum absolute atomic E-state index is 12.5. The second kappa shape index (κ2) is 10.5. The molecule has 0 aliphatic rings. The minimum atomic E-state index is -1.14. The van der Waals surface area contributed by atoms with Crippen LogP contribution < -0.4 is 20.1 Å². The van der Waals surface area contributed by atoms with Gasteiger partial charge >= 0.3 is 0 Å². The van der Waals surface area contributed by atoms with Crippen LogP contribution in [-0.4, -0.2) is 39.1 Å². The highest BCUT2D eigenvalue weighted by atomic mass is 16.5. The Balaban J connectivity index is 1.76. The smallest absolute Gasteiger partial charge is 0.235 e. The van der Waals surface area contributed by atoms with Crippen molar-refractivity contribution in [1.29, 1.82) is 0 Å². The van der Waals surface area contributed by atoms with Crippen LogP contribution in [0.1, 0.15) is 25.0 Å².